The second-order valence-electron chi connectivity index (χ2n) is 7.33. The molecule has 124 valence electrons. The van der Waals surface area contributed by atoms with Crippen molar-refractivity contribution >= 4 is 5.91 Å². The highest BCUT2D eigenvalue weighted by Gasteiger charge is 2.58. The first-order valence-corrected chi connectivity index (χ1v) is 8.88. The first kappa shape index (κ1) is 15.1. The summed E-state index contributed by atoms with van der Waals surface area (Å²) in [6.07, 6.45) is 7.24. The fourth-order valence-corrected chi connectivity index (χ4v) is 4.27. The van der Waals surface area contributed by atoms with Crippen LogP contribution in [0.15, 0.2) is 24.5 Å². The van der Waals surface area contributed by atoms with Crippen molar-refractivity contribution in [2.75, 3.05) is 39.3 Å². The summed E-state index contributed by atoms with van der Waals surface area (Å²) in [4.78, 5) is 21.5. The zero-order chi connectivity index (χ0) is 15.7. The molecule has 1 saturated carbocycles. The van der Waals surface area contributed by atoms with E-state index >= 15 is 0 Å². The van der Waals surface area contributed by atoms with Crippen LogP contribution in [0.1, 0.15) is 24.8 Å². The van der Waals surface area contributed by atoms with Crippen LogP contribution in [-0.2, 0) is 11.3 Å². The van der Waals surface area contributed by atoms with Crippen LogP contribution in [-0.4, -0.2) is 60.0 Å². The average molecular weight is 314 g/mol. The number of hydrogen-bond donors (Lipinski definition) is 1. The molecule has 1 aliphatic carbocycles. The predicted octanol–water partition coefficient (Wildman–Crippen LogP) is 1.12. The first-order valence-electron chi connectivity index (χ1n) is 8.88. The van der Waals surface area contributed by atoms with Gasteiger partial charge < -0.3 is 10.2 Å². The lowest BCUT2D eigenvalue weighted by Gasteiger charge is -2.35. The fraction of sp³-hybridized carbons (Fsp3) is 0.667. The number of rotatable bonds is 3. The molecule has 2 aliphatic heterocycles. The summed E-state index contributed by atoms with van der Waals surface area (Å²) < 4.78 is 0. The largest absolute Gasteiger partial charge is 0.340 e. The zero-order valence-electron chi connectivity index (χ0n) is 13.7. The van der Waals surface area contributed by atoms with Crippen LogP contribution in [0.25, 0.3) is 0 Å². The van der Waals surface area contributed by atoms with Gasteiger partial charge in [0.05, 0.1) is 0 Å². The third-order valence-electron chi connectivity index (χ3n) is 5.90. The van der Waals surface area contributed by atoms with E-state index in [2.05, 4.69) is 26.2 Å². The molecule has 5 heteroatoms. The molecule has 1 N–H and O–H groups in total. The van der Waals surface area contributed by atoms with Gasteiger partial charge in [0.1, 0.15) is 0 Å². The van der Waals surface area contributed by atoms with Crippen molar-refractivity contribution in [2.45, 2.75) is 25.8 Å². The molecule has 1 atom stereocenters. The van der Waals surface area contributed by atoms with Gasteiger partial charge in [0.25, 0.3) is 0 Å². The molecule has 0 radical (unpaired) electrons. The van der Waals surface area contributed by atoms with Gasteiger partial charge in [-0.05, 0) is 49.4 Å². The molecule has 1 amide bonds. The van der Waals surface area contributed by atoms with Gasteiger partial charge in [-0.25, -0.2) is 0 Å². The third-order valence-corrected chi connectivity index (χ3v) is 5.90. The van der Waals surface area contributed by atoms with Crippen molar-refractivity contribution in [2.24, 2.45) is 11.3 Å². The van der Waals surface area contributed by atoms with E-state index in [0.29, 0.717) is 17.2 Å². The van der Waals surface area contributed by atoms with Gasteiger partial charge in [0.2, 0.25) is 5.91 Å². The quantitative estimate of drug-likeness (QED) is 0.908. The summed E-state index contributed by atoms with van der Waals surface area (Å²) in [6.45, 7) is 6.82. The maximum absolute atomic E-state index is 12.8. The molecule has 0 aromatic carbocycles. The Bertz CT molecular complexity index is 547. The van der Waals surface area contributed by atoms with E-state index in [9.17, 15) is 4.79 Å². The van der Waals surface area contributed by atoms with E-state index in [4.69, 9.17) is 0 Å². The molecule has 1 spiro atoms. The Balaban J connectivity index is 1.27. The Morgan fingerprint density at radius 2 is 2.04 bits per heavy atom. The minimum absolute atomic E-state index is 0.314. The molecule has 2 saturated heterocycles. The van der Waals surface area contributed by atoms with Crippen LogP contribution in [0.2, 0.25) is 0 Å². The number of nitrogens with zero attached hydrogens (tertiary/aromatic N) is 3. The number of amides is 1. The van der Waals surface area contributed by atoms with Crippen molar-refractivity contribution < 1.29 is 4.79 Å². The van der Waals surface area contributed by atoms with Crippen molar-refractivity contribution in [1.29, 1.82) is 0 Å². The molecular weight excluding hydrogens is 288 g/mol. The van der Waals surface area contributed by atoms with Crippen LogP contribution >= 0.6 is 0 Å². The minimum atomic E-state index is 0.314. The first-order chi connectivity index (χ1) is 11.3. The van der Waals surface area contributed by atoms with E-state index < -0.39 is 0 Å². The van der Waals surface area contributed by atoms with Gasteiger partial charge in [-0.3, -0.25) is 14.7 Å². The van der Waals surface area contributed by atoms with Crippen LogP contribution < -0.4 is 5.32 Å². The second-order valence-corrected chi connectivity index (χ2v) is 7.33. The number of pyridine rings is 1. The van der Waals surface area contributed by atoms with Gasteiger partial charge in [0, 0.05) is 51.0 Å². The number of nitrogens with one attached hydrogen (secondary N) is 1. The standard InChI is InChI=1S/C18H26N4O/c23-17(16-12-18(16)3-6-19-7-4-18)22-10-8-21(9-11-22)14-15-2-1-5-20-13-15/h1-2,5,13,16,19H,3-4,6-12,14H2/t16-/m0/s1. The number of piperazine rings is 1. The summed E-state index contributed by atoms with van der Waals surface area (Å²) in [6, 6.07) is 4.11. The molecule has 3 fully saturated rings. The SMILES string of the molecule is O=C([C@@H]1CC12CCNCC2)N1CCN(Cc2cccnc2)CC1. The second kappa shape index (κ2) is 6.21. The van der Waals surface area contributed by atoms with Gasteiger partial charge in [-0.2, -0.15) is 0 Å². The van der Waals surface area contributed by atoms with E-state index in [1.165, 1.54) is 18.4 Å². The van der Waals surface area contributed by atoms with Crippen molar-refractivity contribution in [3.8, 4) is 0 Å². The average Bonchev–Trinajstić information content (AvgIpc) is 3.29. The molecule has 23 heavy (non-hydrogen) atoms. The van der Waals surface area contributed by atoms with Crippen molar-refractivity contribution in [3.63, 3.8) is 0 Å². The van der Waals surface area contributed by atoms with Crippen LogP contribution in [0.3, 0.4) is 0 Å². The van der Waals surface area contributed by atoms with Crippen LogP contribution in [0.4, 0.5) is 0 Å². The predicted molar refractivity (Wildman–Crippen MR) is 88.7 cm³/mol. The number of aromatic nitrogens is 1. The van der Waals surface area contributed by atoms with E-state index in [1.54, 1.807) is 0 Å². The summed E-state index contributed by atoms with van der Waals surface area (Å²) in [5.41, 5.74) is 1.61. The highest BCUT2D eigenvalue weighted by atomic mass is 16.2. The Hall–Kier alpha value is -1.46. The van der Waals surface area contributed by atoms with Gasteiger partial charge in [0.15, 0.2) is 0 Å². The minimum Gasteiger partial charge on any atom is -0.340 e. The summed E-state index contributed by atoms with van der Waals surface area (Å²) >= 11 is 0. The van der Waals surface area contributed by atoms with E-state index in [1.807, 2.05) is 18.5 Å². The highest BCUT2D eigenvalue weighted by molar-refractivity contribution is 5.82. The van der Waals surface area contributed by atoms with Gasteiger partial charge in [-0.15, -0.1) is 0 Å². The molecular formula is C18H26N4O. The Kier molecular flexibility index (Phi) is 4.07. The monoisotopic (exact) mass is 314 g/mol. The molecule has 0 bridgehead atoms. The normalized spacial score (nSPS) is 27.1. The number of piperidine rings is 1. The summed E-state index contributed by atoms with van der Waals surface area (Å²) in [5, 5.41) is 3.41. The topological polar surface area (TPSA) is 48.5 Å². The van der Waals surface area contributed by atoms with Crippen molar-refractivity contribution in [3.05, 3.63) is 30.1 Å². The van der Waals surface area contributed by atoms with E-state index in [0.717, 1.165) is 52.2 Å². The van der Waals surface area contributed by atoms with Gasteiger partial charge in [-0.1, -0.05) is 6.07 Å². The Labute approximate surface area is 138 Å². The molecule has 3 heterocycles. The van der Waals surface area contributed by atoms with Crippen LogP contribution in [0, 0.1) is 11.3 Å². The lowest BCUT2D eigenvalue weighted by Crippen LogP contribution is -2.49. The third kappa shape index (κ3) is 3.12. The number of carbonyl (C=O) groups excluding carboxylic acids is 1. The smallest absolute Gasteiger partial charge is 0.226 e. The maximum atomic E-state index is 12.8. The Morgan fingerprint density at radius 1 is 1.26 bits per heavy atom. The highest BCUT2D eigenvalue weighted by Crippen LogP contribution is 2.59. The molecule has 0 unspecified atom stereocenters. The van der Waals surface area contributed by atoms with E-state index in [-0.39, 0.29) is 0 Å². The molecule has 1 aromatic rings. The maximum Gasteiger partial charge on any atom is 0.226 e. The van der Waals surface area contributed by atoms with Crippen LogP contribution in [0.5, 0.6) is 0 Å². The van der Waals surface area contributed by atoms with Crippen molar-refractivity contribution in [1.82, 2.24) is 20.1 Å². The zero-order valence-corrected chi connectivity index (χ0v) is 13.7. The van der Waals surface area contributed by atoms with Gasteiger partial charge >= 0.3 is 0 Å². The lowest BCUT2D eigenvalue weighted by molar-refractivity contribution is -0.135. The fourth-order valence-electron chi connectivity index (χ4n) is 4.27. The lowest BCUT2D eigenvalue weighted by atomic mass is 9.91. The summed E-state index contributed by atoms with van der Waals surface area (Å²) in [5.74, 6) is 0.738. The number of hydrogen-bond acceptors (Lipinski definition) is 4. The number of carbonyl (C=O) groups is 1. The molecule has 4 rings (SSSR count). The Morgan fingerprint density at radius 3 is 2.74 bits per heavy atom. The molecule has 3 aliphatic rings. The molecule has 5 nitrogen and oxygen atoms in total. The molecule has 1 aromatic heterocycles. The summed E-state index contributed by atoms with van der Waals surface area (Å²) in [7, 11) is 0.